The van der Waals surface area contributed by atoms with E-state index in [1.165, 1.54) is 30.2 Å². The number of sulfone groups is 1. The van der Waals surface area contributed by atoms with Crippen molar-refractivity contribution in [3.8, 4) is 0 Å². The first-order valence-corrected chi connectivity index (χ1v) is 9.18. The average molecular weight is 325 g/mol. The smallest absolute Gasteiger partial charge is 0.175 e. The number of hydrogen-bond donors (Lipinski definition) is 1. The third-order valence-electron chi connectivity index (χ3n) is 2.96. The molecule has 0 aromatic heterocycles. The molecule has 0 saturated heterocycles. The van der Waals surface area contributed by atoms with Gasteiger partial charge in [-0.1, -0.05) is 12.1 Å². The Morgan fingerprint density at radius 3 is 2.43 bits per heavy atom. The predicted molar refractivity (Wildman–Crippen MR) is 83.6 cm³/mol. The first-order chi connectivity index (χ1) is 9.86. The number of halogens is 1. The van der Waals surface area contributed by atoms with Gasteiger partial charge in [0.05, 0.1) is 4.90 Å². The van der Waals surface area contributed by atoms with Crippen LogP contribution in [0, 0.1) is 5.82 Å². The second-order valence-electron chi connectivity index (χ2n) is 4.72. The van der Waals surface area contributed by atoms with Gasteiger partial charge in [-0.25, -0.2) is 12.8 Å². The summed E-state index contributed by atoms with van der Waals surface area (Å²) >= 11 is 1.51. The highest BCUT2D eigenvalue weighted by Gasteiger charge is 2.09. The van der Waals surface area contributed by atoms with Crippen molar-refractivity contribution in [2.75, 3.05) is 12.0 Å². The van der Waals surface area contributed by atoms with E-state index in [4.69, 9.17) is 5.73 Å². The molecule has 2 aromatic rings. The molecule has 0 aliphatic carbocycles. The van der Waals surface area contributed by atoms with Crippen LogP contribution in [0.25, 0.3) is 0 Å². The van der Waals surface area contributed by atoms with Gasteiger partial charge in [-0.3, -0.25) is 0 Å². The van der Waals surface area contributed by atoms with Crippen molar-refractivity contribution in [2.45, 2.75) is 15.8 Å². The molecule has 1 unspecified atom stereocenters. The highest BCUT2D eigenvalue weighted by molar-refractivity contribution is 7.99. The molecule has 2 rings (SSSR count). The highest BCUT2D eigenvalue weighted by Crippen LogP contribution is 2.25. The molecule has 0 aliphatic heterocycles. The van der Waals surface area contributed by atoms with E-state index in [-0.39, 0.29) is 11.9 Å². The molecule has 6 heteroatoms. The minimum Gasteiger partial charge on any atom is -0.323 e. The van der Waals surface area contributed by atoms with Crippen LogP contribution in [0.5, 0.6) is 0 Å². The summed E-state index contributed by atoms with van der Waals surface area (Å²) in [6, 6.07) is 12.6. The van der Waals surface area contributed by atoms with Gasteiger partial charge in [-0.2, -0.15) is 0 Å². The molecule has 0 amide bonds. The highest BCUT2D eigenvalue weighted by atomic mass is 32.2. The van der Waals surface area contributed by atoms with Crippen molar-refractivity contribution in [1.29, 1.82) is 0 Å². The summed E-state index contributed by atoms with van der Waals surface area (Å²) in [7, 11) is -3.17. The first-order valence-electron chi connectivity index (χ1n) is 6.30. The van der Waals surface area contributed by atoms with E-state index in [9.17, 15) is 12.8 Å². The molecule has 1 atom stereocenters. The average Bonchev–Trinajstić information content (AvgIpc) is 2.44. The van der Waals surface area contributed by atoms with Gasteiger partial charge in [-0.05, 0) is 42.0 Å². The normalized spacial score (nSPS) is 13.1. The molecular formula is C15H16FNO2S2. The molecule has 0 aliphatic rings. The molecule has 0 fully saturated rings. The first kappa shape index (κ1) is 16.0. The van der Waals surface area contributed by atoms with Crippen LogP contribution in [-0.2, 0) is 9.84 Å². The van der Waals surface area contributed by atoms with E-state index in [0.29, 0.717) is 10.6 Å². The zero-order valence-corrected chi connectivity index (χ0v) is 13.1. The number of rotatable bonds is 5. The van der Waals surface area contributed by atoms with Crippen LogP contribution in [0.1, 0.15) is 11.6 Å². The van der Waals surface area contributed by atoms with Crippen LogP contribution in [0.2, 0.25) is 0 Å². The van der Waals surface area contributed by atoms with Crippen molar-refractivity contribution >= 4 is 21.6 Å². The molecule has 0 heterocycles. The van der Waals surface area contributed by atoms with E-state index in [0.717, 1.165) is 10.5 Å². The lowest BCUT2D eigenvalue weighted by Gasteiger charge is -2.12. The third-order valence-corrected chi connectivity index (χ3v) is 5.22. The molecule has 3 nitrogen and oxygen atoms in total. The van der Waals surface area contributed by atoms with Crippen molar-refractivity contribution in [2.24, 2.45) is 5.73 Å². The van der Waals surface area contributed by atoms with Crippen LogP contribution in [0.3, 0.4) is 0 Å². The fourth-order valence-corrected chi connectivity index (χ4v) is 3.33. The van der Waals surface area contributed by atoms with Crippen molar-refractivity contribution in [3.63, 3.8) is 0 Å². The van der Waals surface area contributed by atoms with E-state index in [2.05, 4.69) is 0 Å². The molecule has 2 N–H and O–H groups in total. The summed E-state index contributed by atoms with van der Waals surface area (Å²) < 4.78 is 35.9. The molecule has 112 valence electrons. The topological polar surface area (TPSA) is 60.2 Å². The quantitative estimate of drug-likeness (QED) is 0.859. The molecule has 0 spiro atoms. The van der Waals surface area contributed by atoms with Crippen LogP contribution in [-0.4, -0.2) is 20.4 Å². The third kappa shape index (κ3) is 4.56. The Morgan fingerprint density at radius 1 is 1.19 bits per heavy atom. The maximum absolute atomic E-state index is 13.1. The van der Waals surface area contributed by atoms with E-state index in [1.807, 2.05) is 0 Å². The lowest BCUT2D eigenvalue weighted by atomic mass is 10.1. The number of hydrogen-bond acceptors (Lipinski definition) is 4. The minimum absolute atomic E-state index is 0.278. The SMILES string of the molecule is CS(=O)(=O)c1ccc(SCC(N)c2cccc(F)c2)cc1. The minimum atomic E-state index is -3.17. The van der Waals surface area contributed by atoms with Gasteiger partial charge in [0.1, 0.15) is 5.82 Å². The number of thioether (sulfide) groups is 1. The maximum atomic E-state index is 13.1. The Balaban J connectivity index is 2.00. The molecule has 0 saturated carbocycles. The lowest BCUT2D eigenvalue weighted by Crippen LogP contribution is -2.13. The molecule has 0 bridgehead atoms. The van der Waals surface area contributed by atoms with Crippen LogP contribution < -0.4 is 5.73 Å². The van der Waals surface area contributed by atoms with Gasteiger partial charge in [0.25, 0.3) is 0 Å². The van der Waals surface area contributed by atoms with Crippen molar-refractivity contribution in [1.82, 2.24) is 0 Å². The summed E-state index contributed by atoms with van der Waals surface area (Å²) in [4.78, 5) is 1.22. The summed E-state index contributed by atoms with van der Waals surface area (Å²) in [6.07, 6.45) is 1.18. The van der Waals surface area contributed by atoms with Gasteiger partial charge in [0, 0.05) is 22.9 Å². The second kappa shape index (κ2) is 6.60. The zero-order chi connectivity index (χ0) is 15.5. The Kier molecular flexibility index (Phi) is 5.03. The van der Waals surface area contributed by atoms with E-state index in [1.54, 1.807) is 36.4 Å². The monoisotopic (exact) mass is 325 g/mol. The Labute approximate surface area is 128 Å². The van der Waals surface area contributed by atoms with Crippen LogP contribution in [0.4, 0.5) is 4.39 Å². The van der Waals surface area contributed by atoms with Gasteiger partial charge < -0.3 is 5.73 Å². The van der Waals surface area contributed by atoms with Gasteiger partial charge in [0.2, 0.25) is 0 Å². The Bertz CT molecular complexity index is 715. The van der Waals surface area contributed by atoms with Gasteiger partial charge >= 0.3 is 0 Å². The Hall–Kier alpha value is -1.37. The fraction of sp³-hybridized carbons (Fsp3) is 0.200. The second-order valence-corrected chi connectivity index (χ2v) is 7.83. The van der Waals surface area contributed by atoms with E-state index >= 15 is 0 Å². The number of nitrogens with two attached hydrogens (primary N) is 1. The molecule has 0 radical (unpaired) electrons. The Morgan fingerprint density at radius 2 is 1.86 bits per heavy atom. The molecule has 21 heavy (non-hydrogen) atoms. The summed E-state index contributed by atoms with van der Waals surface area (Å²) in [5.74, 6) is 0.284. The van der Waals surface area contributed by atoms with E-state index < -0.39 is 9.84 Å². The largest absolute Gasteiger partial charge is 0.323 e. The van der Waals surface area contributed by atoms with Crippen LogP contribution >= 0.6 is 11.8 Å². The lowest BCUT2D eigenvalue weighted by molar-refractivity contribution is 0.602. The molecular weight excluding hydrogens is 309 g/mol. The summed E-state index contributed by atoms with van der Waals surface area (Å²) in [5, 5.41) is 0. The predicted octanol–water partition coefficient (Wildman–Crippen LogP) is 3.02. The summed E-state index contributed by atoms with van der Waals surface area (Å²) in [6.45, 7) is 0. The van der Waals surface area contributed by atoms with Crippen molar-refractivity contribution < 1.29 is 12.8 Å². The van der Waals surface area contributed by atoms with Crippen molar-refractivity contribution in [3.05, 3.63) is 59.9 Å². The fourth-order valence-electron chi connectivity index (χ4n) is 1.80. The standard InChI is InChI=1S/C15H16FNO2S2/c1-21(18,19)14-7-5-13(6-8-14)20-10-15(17)11-3-2-4-12(16)9-11/h2-9,15H,10,17H2,1H3. The van der Waals surface area contributed by atoms with Gasteiger partial charge in [0.15, 0.2) is 9.84 Å². The zero-order valence-electron chi connectivity index (χ0n) is 11.5. The molecule has 2 aromatic carbocycles. The van der Waals surface area contributed by atoms with Crippen LogP contribution in [0.15, 0.2) is 58.3 Å². The van der Waals surface area contributed by atoms with Gasteiger partial charge in [-0.15, -0.1) is 11.8 Å². The summed E-state index contributed by atoms with van der Waals surface area (Å²) in [5.41, 5.74) is 6.77. The number of benzene rings is 2. The maximum Gasteiger partial charge on any atom is 0.175 e.